The number of rotatable bonds is 2. The minimum absolute atomic E-state index is 1.14. The number of nitrogens with zero attached hydrogens (tertiary/aromatic N) is 4. The molecule has 0 radical (unpaired) electrons. The molecule has 56 aromatic carbocycles. The number of aromatic nitrogens is 2. The van der Waals surface area contributed by atoms with Gasteiger partial charge in [0.25, 0.3) is 0 Å². The molecule has 4 spiro atoms. The summed E-state index contributed by atoms with van der Waals surface area (Å²) in [5.74, 6) is 0. The summed E-state index contributed by atoms with van der Waals surface area (Å²) in [5, 5.41) is 191. The summed E-state index contributed by atoms with van der Waals surface area (Å²) in [6, 6.07) is 15.1. The Balaban J connectivity index is 0.774. The predicted octanol–water partition coefficient (Wildman–Crippen LogP) is 34.7. The summed E-state index contributed by atoms with van der Waals surface area (Å²) >= 11 is 0. The Bertz CT molecular complexity index is 14500. The molecule has 0 unspecified atom stereocenters. The van der Waals surface area contributed by atoms with Crippen molar-refractivity contribution >= 4 is 582 Å². The molecule has 0 N–H and O–H groups in total. The van der Waals surface area contributed by atoms with Gasteiger partial charge in [0.15, 0.2) is 11.1 Å². The van der Waals surface area contributed by atoms with Crippen molar-refractivity contribution in [2.45, 2.75) is 32.7 Å². The smallest absolute Gasteiger partial charge is 0.153 e. The lowest BCUT2D eigenvalue weighted by Crippen LogP contribution is -2.89. The van der Waals surface area contributed by atoms with Crippen LogP contribution >= 0.6 is 0 Å². The van der Waals surface area contributed by atoms with Gasteiger partial charge in [0, 0.05) is 12.4 Å². The topological polar surface area (TPSA) is 50.5 Å². The zero-order chi connectivity index (χ0) is 79.6. The molecule has 58 aromatic rings. The zero-order valence-corrected chi connectivity index (χ0v) is 68.4. The molecule has 2 aliphatic heterocycles. The first kappa shape index (κ1) is 48.8. The largest absolute Gasteiger partial charge is 0.259 e. The van der Waals surface area contributed by atoms with E-state index in [4.69, 9.17) is 20.2 Å². The number of benzene rings is 36. The van der Waals surface area contributed by atoms with Crippen LogP contribution in [0.15, 0.2) is 59.0 Å². The van der Waals surface area contributed by atoms with E-state index in [2.05, 4.69) is 48.8 Å². The highest BCUT2D eigenvalue weighted by molar-refractivity contribution is 6.88. The van der Waals surface area contributed by atoms with Crippen LogP contribution in [-0.4, -0.2) is 9.97 Å². The maximum atomic E-state index is 7.91. The summed E-state index contributed by atoms with van der Waals surface area (Å²) in [4.78, 5) is 13.8. The van der Waals surface area contributed by atoms with Crippen molar-refractivity contribution in [3.8, 4) is 0 Å². The van der Waals surface area contributed by atoms with Crippen LogP contribution in [0.25, 0.3) is 582 Å². The molecule has 4 heteroatoms. The Labute approximate surface area is 733 Å². The van der Waals surface area contributed by atoms with E-state index in [1.54, 1.807) is 626 Å². The fourth-order valence-electron chi connectivity index (χ4n) is 52.1. The quantitative estimate of drug-likeness (QED) is 0.162. The molecule has 0 atom stereocenters. The molecule has 2 aromatic heterocycles. The highest BCUT2D eigenvalue weighted by Gasteiger charge is 3.00. The number of pyridine rings is 2. The van der Waals surface area contributed by atoms with Crippen LogP contribution in [0.2, 0.25) is 0 Å². The maximum Gasteiger partial charge on any atom is 0.153 e. The van der Waals surface area contributed by atoms with E-state index in [0.717, 1.165) is 11.4 Å². The van der Waals surface area contributed by atoms with Gasteiger partial charge in [-0.15, -0.1) is 0 Å². The van der Waals surface area contributed by atoms with Gasteiger partial charge in [0.05, 0.1) is 33.0 Å². The Hall–Kier alpha value is -17.2. The molecule has 69 rings (SSSR count). The van der Waals surface area contributed by atoms with Crippen molar-refractivity contribution in [1.29, 1.82) is 0 Å². The van der Waals surface area contributed by atoms with E-state index in [0.29, 0.717) is 0 Å². The summed E-state index contributed by atoms with van der Waals surface area (Å²) in [7, 11) is 0. The molecular weight excluding hydrogens is 1640 g/mol. The summed E-state index contributed by atoms with van der Waals surface area (Å²) in [6.07, 6.45) is 4.67. The van der Waals surface area contributed by atoms with Gasteiger partial charge < -0.3 is 0 Å². The van der Waals surface area contributed by atoms with Gasteiger partial charge in [-0.3, -0.25) is 9.97 Å². The molecule has 1 fully saturated rings. The van der Waals surface area contributed by atoms with Gasteiger partial charge in [0.2, 0.25) is 0 Å². The van der Waals surface area contributed by atoms with Gasteiger partial charge in [0.1, 0.15) is 0 Å². The van der Waals surface area contributed by atoms with Crippen molar-refractivity contribution in [2.75, 3.05) is 0 Å². The molecule has 0 saturated heterocycles. The van der Waals surface area contributed by atoms with Crippen LogP contribution < -0.4 is 0 Å². The van der Waals surface area contributed by atoms with Crippen molar-refractivity contribution in [3.63, 3.8) is 0 Å². The third kappa shape index (κ3) is 2.45. The van der Waals surface area contributed by atoms with Crippen LogP contribution in [0.3, 0.4) is 0 Å². The highest BCUT2D eigenvalue weighted by Crippen LogP contribution is 3.01. The number of azo groups is 1. The monoisotopic (exact) mass is 1650 g/mol. The van der Waals surface area contributed by atoms with Crippen LogP contribution in [0.5, 0.6) is 0 Å². The SMILES string of the molecule is c1ccc(C23N=NC(c4ccccn4)(C45c6c7c8c9c%10c%11c(c%12c%13c4c4c6c6c%14c7c7c8c8c%10c%10c%15c%11c%11c%12c%12c%13c%13c4c4c6c6c%14c%14c7c7c8c%10c8c%10c%15c%11c%11c%12c%12c%13c4c4c6c6c%14c7c8c7c%10c%11c%12c4c67)C925)C24c5c6c7c8c9c%10c(c%11c%12c2c2c5c5c%13c6c6c7c7c9c9c%14c%10c%10c%11c%11c%12c%12c2c2c5c5c%13c%13c6c6c7c9c7c9c%14c%10c%10c%11c%11c%12c2c2c5c5c%13c6c7c6c9c%10c%11c2c56)C834)nc1. The van der Waals surface area contributed by atoms with Crippen molar-refractivity contribution in [3.05, 3.63) is 105 Å². The zero-order valence-electron chi connectivity index (χ0n) is 68.4. The van der Waals surface area contributed by atoms with E-state index in [9.17, 15) is 0 Å². The number of hydrogen-bond acceptors (Lipinski definition) is 4. The van der Waals surface area contributed by atoms with Crippen molar-refractivity contribution in [1.82, 2.24) is 9.97 Å². The van der Waals surface area contributed by atoms with E-state index in [1.807, 2.05) is 0 Å². The normalized spacial score (nSPS) is 24.9. The molecule has 4 heterocycles. The first-order chi connectivity index (χ1) is 67.9. The van der Waals surface area contributed by atoms with E-state index < -0.39 is 32.7 Å². The first-order valence-electron chi connectivity index (χ1n) is 50.7. The molecule has 9 aliphatic carbocycles. The molecule has 136 heavy (non-hydrogen) atoms. The van der Waals surface area contributed by atoms with E-state index in [1.165, 1.54) is 0 Å². The molecule has 2 bridgehead atoms. The molecule has 4 nitrogen and oxygen atoms in total. The second-order valence-electron chi connectivity index (χ2n) is 50.6. The maximum absolute atomic E-state index is 7.91. The van der Waals surface area contributed by atoms with Gasteiger partial charge in [-0.25, -0.2) is 0 Å². The third-order valence-electron chi connectivity index (χ3n) is 51.2. The summed E-state index contributed by atoms with van der Waals surface area (Å²) < 4.78 is 0. The van der Waals surface area contributed by atoms with Gasteiger partial charge in [-0.2, -0.15) is 10.2 Å². The Morgan fingerprint density at radius 2 is 0.191 bits per heavy atom. The average Bonchev–Trinajstić information content (AvgIpc) is 1.35. The Morgan fingerprint density at radius 3 is 0.272 bits per heavy atom. The third-order valence-corrected chi connectivity index (χ3v) is 51.2. The standard InChI is InChI=1S/C132H8N4/c1-3-7-133-9(5-1)131-127-119-103-87-67-47-31-15-11-13-19-27-23(15)39-55-43(27)63-51-35(19)36-20(13)28-24-16(11)32(31)48-60-40(24)56-44(28)64-52(36)72-71(51)91-79(63)99-83(55)95(75(87)59(39)47)111(119)115(99)123-107(91)108-92(72)80(64)100-84(56)96-76(60)88(68(48)67)104(103)120(127)112(96)116(100)124(108)129(123,127)132(136-135-131,10-6-2-4-8-134-10)130-125-109-93-73-53-37-21-14-12-17-25-29(21)45-57-41(25)61-49-33(17)34-18(12)26-30-22(14)38(37)54-66-46(30)58-42(26)62-50(34)70-69(49)89-77(61)97-85(57)101(81(93)65(45)53)117(125)113(97)121-105(89)106-90(70)78(62)98-86(58)102-82(66)94(74(54)73)110(109)126(130)118(102)114(98)122(106)128(121,130)131/h1-8H. The molecule has 556 valence electrons. The van der Waals surface area contributed by atoms with Gasteiger partial charge in [-0.05, 0) is 650 Å². The van der Waals surface area contributed by atoms with Crippen LogP contribution in [0.4, 0.5) is 0 Å². The second kappa shape index (κ2) is 10.9. The summed E-state index contributed by atoms with van der Waals surface area (Å²) in [6.45, 7) is 0. The second-order valence-corrected chi connectivity index (χ2v) is 50.6. The lowest BCUT2D eigenvalue weighted by Gasteiger charge is -2.82. The fourth-order valence-corrected chi connectivity index (χ4v) is 52.1. The van der Waals surface area contributed by atoms with E-state index in [-0.39, 0.29) is 0 Å². The minimum Gasteiger partial charge on any atom is -0.259 e. The number of hydrogen-bond donors (Lipinski definition) is 0. The van der Waals surface area contributed by atoms with Crippen LogP contribution in [0.1, 0.15) is 55.9 Å². The van der Waals surface area contributed by atoms with Crippen LogP contribution in [0, 0.1) is 0 Å². The Morgan fingerprint density at radius 1 is 0.103 bits per heavy atom. The lowest BCUT2D eigenvalue weighted by molar-refractivity contribution is -0.119. The van der Waals surface area contributed by atoms with Crippen LogP contribution in [-0.2, 0) is 32.7 Å². The van der Waals surface area contributed by atoms with Gasteiger partial charge >= 0.3 is 0 Å². The molecular formula is C132H8N4. The lowest BCUT2D eigenvalue weighted by atomic mass is 9.19. The highest BCUT2D eigenvalue weighted by atomic mass is 15.3. The van der Waals surface area contributed by atoms with E-state index >= 15 is 0 Å². The average molecular weight is 1650 g/mol. The molecule has 0 amide bonds. The fraction of sp³-hybridized carbons (Fsp3) is 0.0455. The van der Waals surface area contributed by atoms with Gasteiger partial charge in [-0.1, -0.05) is 12.1 Å². The van der Waals surface area contributed by atoms with Crippen molar-refractivity contribution in [2.24, 2.45) is 10.2 Å². The van der Waals surface area contributed by atoms with Crippen molar-refractivity contribution < 1.29 is 0 Å². The first-order valence-corrected chi connectivity index (χ1v) is 50.7. The summed E-state index contributed by atoms with van der Waals surface area (Å²) in [5.41, 5.74) is 7.95. The molecule has 11 aliphatic rings. The minimum atomic E-state index is -1.43. The predicted molar refractivity (Wildman–Crippen MR) is 564 cm³/mol. The molecule has 1 saturated carbocycles. The Kier molecular flexibility index (Phi) is 3.90.